The van der Waals surface area contributed by atoms with Gasteiger partial charge in [0, 0.05) is 17.4 Å². The van der Waals surface area contributed by atoms with Crippen molar-refractivity contribution in [2.45, 2.75) is 13.3 Å². The number of nitrogens with zero attached hydrogens (tertiary/aromatic N) is 1. The number of carbonyl (C=O) groups is 2. The van der Waals surface area contributed by atoms with E-state index in [2.05, 4.69) is 0 Å². The summed E-state index contributed by atoms with van der Waals surface area (Å²) in [6.45, 7) is 1.73. The van der Waals surface area contributed by atoms with Gasteiger partial charge >= 0.3 is 0 Å². The van der Waals surface area contributed by atoms with Crippen molar-refractivity contribution in [3.8, 4) is 0 Å². The van der Waals surface area contributed by atoms with E-state index in [9.17, 15) is 9.59 Å². The lowest BCUT2D eigenvalue weighted by molar-refractivity contribution is -0.122. The first kappa shape index (κ1) is 11.0. The van der Waals surface area contributed by atoms with E-state index in [-0.39, 0.29) is 24.2 Å². The Kier molecular flexibility index (Phi) is 2.59. The molecule has 1 aromatic carbocycles. The van der Waals surface area contributed by atoms with Gasteiger partial charge in [-0.25, -0.2) is 4.90 Å². The van der Waals surface area contributed by atoms with Crippen LogP contribution in [0.4, 0.5) is 11.4 Å². The molecule has 0 radical (unpaired) electrons. The molecule has 1 unspecified atom stereocenters. The molecule has 1 aromatic rings. The third-order valence-corrected chi connectivity index (χ3v) is 2.84. The molecule has 84 valence electrons. The number of anilines is 2. The lowest BCUT2D eigenvalue weighted by Crippen LogP contribution is -2.30. The lowest BCUT2D eigenvalue weighted by Gasteiger charge is -2.16. The Morgan fingerprint density at radius 1 is 1.44 bits per heavy atom. The zero-order chi connectivity index (χ0) is 11.9. The van der Waals surface area contributed by atoms with Crippen LogP contribution in [0.25, 0.3) is 0 Å². The number of halogens is 1. The maximum Gasteiger partial charge on any atom is 0.237 e. The third kappa shape index (κ3) is 1.65. The van der Waals surface area contributed by atoms with Crippen molar-refractivity contribution in [2.24, 2.45) is 5.92 Å². The van der Waals surface area contributed by atoms with E-state index in [1.165, 1.54) is 6.07 Å². The van der Waals surface area contributed by atoms with Gasteiger partial charge in [-0.3, -0.25) is 9.59 Å². The smallest absolute Gasteiger partial charge is 0.237 e. The highest BCUT2D eigenvalue weighted by Gasteiger charge is 2.37. The molecule has 2 rings (SSSR count). The van der Waals surface area contributed by atoms with E-state index in [1.807, 2.05) is 0 Å². The van der Waals surface area contributed by atoms with Gasteiger partial charge in [-0.2, -0.15) is 0 Å². The number of benzene rings is 1. The Labute approximate surface area is 98.0 Å². The number of hydrogen-bond donors (Lipinski definition) is 1. The molecular weight excluding hydrogens is 228 g/mol. The molecule has 2 N–H and O–H groups in total. The van der Waals surface area contributed by atoms with Gasteiger partial charge in [0.1, 0.15) is 0 Å². The Morgan fingerprint density at radius 2 is 2.12 bits per heavy atom. The first-order valence-corrected chi connectivity index (χ1v) is 5.30. The molecule has 2 amide bonds. The monoisotopic (exact) mass is 238 g/mol. The Balaban J connectivity index is 2.45. The Hall–Kier alpha value is -1.55. The van der Waals surface area contributed by atoms with Crippen molar-refractivity contribution in [3.05, 3.63) is 23.2 Å². The average Bonchev–Trinajstić information content (AvgIpc) is 2.43. The second kappa shape index (κ2) is 3.79. The first-order chi connectivity index (χ1) is 7.50. The third-order valence-electron chi connectivity index (χ3n) is 2.60. The fourth-order valence-electron chi connectivity index (χ4n) is 1.77. The highest BCUT2D eigenvalue weighted by Crippen LogP contribution is 2.32. The van der Waals surface area contributed by atoms with Gasteiger partial charge in [0.25, 0.3) is 0 Å². The molecule has 0 aliphatic carbocycles. The van der Waals surface area contributed by atoms with Crippen LogP contribution in [0.1, 0.15) is 13.3 Å². The average molecular weight is 239 g/mol. The van der Waals surface area contributed by atoms with Crippen LogP contribution in [0, 0.1) is 5.92 Å². The summed E-state index contributed by atoms with van der Waals surface area (Å²) in [6, 6.07) is 4.72. The number of carbonyl (C=O) groups excluding carboxylic acids is 2. The fraction of sp³-hybridized carbons (Fsp3) is 0.273. The maximum absolute atomic E-state index is 11.8. The van der Waals surface area contributed by atoms with Crippen LogP contribution in [0.5, 0.6) is 0 Å². The van der Waals surface area contributed by atoms with Crippen molar-refractivity contribution >= 4 is 34.8 Å². The Bertz CT molecular complexity index is 473. The molecular formula is C11H11ClN2O2. The molecule has 16 heavy (non-hydrogen) atoms. The van der Waals surface area contributed by atoms with E-state index in [4.69, 9.17) is 17.3 Å². The number of rotatable bonds is 1. The van der Waals surface area contributed by atoms with Crippen molar-refractivity contribution in [3.63, 3.8) is 0 Å². The minimum Gasteiger partial charge on any atom is -0.397 e. The van der Waals surface area contributed by atoms with E-state index < -0.39 is 0 Å². The summed E-state index contributed by atoms with van der Waals surface area (Å²) in [4.78, 5) is 24.6. The summed E-state index contributed by atoms with van der Waals surface area (Å²) in [7, 11) is 0. The maximum atomic E-state index is 11.8. The van der Waals surface area contributed by atoms with Crippen LogP contribution in [0.3, 0.4) is 0 Å². The predicted molar refractivity (Wildman–Crippen MR) is 62.1 cm³/mol. The first-order valence-electron chi connectivity index (χ1n) is 4.92. The van der Waals surface area contributed by atoms with Crippen molar-refractivity contribution in [2.75, 3.05) is 10.6 Å². The summed E-state index contributed by atoms with van der Waals surface area (Å²) in [5, 5.41) is 0.480. The second-order valence-corrected chi connectivity index (χ2v) is 4.31. The Morgan fingerprint density at radius 3 is 2.62 bits per heavy atom. The van der Waals surface area contributed by atoms with Gasteiger partial charge < -0.3 is 5.73 Å². The van der Waals surface area contributed by atoms with Gasteiger partial charge in [0.05, 0.1) is 11.4 Å². The molecule has 4 nitrogen and oxygen atoms in total. The highest BCUT2D eigenvalue weighted by atomic mass is 35.5. The number of imide groups is 1. The molecule has 1 saturated heterocycles. The van der Waals surface area contributed by atoms with E-state index in [0.29, 0.717) is 16.4 Å². The van der Waals surface area contributed by atoms with E-state index in [1.54, 1.807) is 19.1 Å². The minimum absolute atomic E-state index is 0.209. The molecule has 0 saturated carbocycles. The molecule has 1 aliphatic rings. The summed E-state index contributed by atoms with van der Waals surface area (Å²) >= 11 is 5.76. The van der Waals surface area contributed by atoms with Gasteiger partial charge in [0.2, 0.25) is 11.8 Å². The van der Waals surface area contributed by atoms with Crippen LogP contribution in [-0.2, 0) is 9.59 Å². The van der Waals surface area contributed by atoms with Crippen LogP contribution in [-0.4, -0.2) is 11.8 Å². The zero-order valence-electron chi connectivity index (χ0n) is 8.74. The summed E-state index contributed by atoms with van der Waals surface area (Å²) in [5.41, 5.74) is 6.50. The van der Waals surface area contributed by atoms with E-state index >= 15 is 0 Å². The van der Waals surface area contributed by atoms with E-state index in [0.717, 1.165) is 4.90 Å². The molecule has 0 spiro atoms. The van der Waals surface area contributed by atoms with Crippen molar-refractivity contribution < 1.29 is 9.59 Å². The summed E-state index contributed by atoms with van der Waals surface area (Å²) in [6.07, 6.45) is 0.237. The number of amides is 2. The predicted octanol–water partition coefficient (Wildman–Crippen LogP) is 1.82. The normalized spacial score (nSPS) is 20.6. The van der Waals surface area contributed by atoms with Crippen molar-refractivity contribution in [1.82, 2.24) is 0 Å². The standard InChI is InChI=1S/C11H11ClN2O2/c1-6-4-10(15)14(11(6)16)9-3-2-7(12)5-8(9)13/h2-3,5-6H,4,13H2,1H3. The van der Waals surface area contributed by atoms with Crippen molar-refractivity contribution in [1.29, 1.82) is 0 Å². The quantitative estimate of drug-likeness (QED) is 0.600. The SMILES string of the molecule is CC1CC(=O)N(c2ccc(Cl)cc2N)C1=O. The van der Waals surface area contributed by atoms with Gasteiger partial charge in [0.15, 0.2) is 0 Å². The molecule has 1 atom stereocenters. The minimum atomic E-state index is -0.275. The van der Waals surface area contributed by atoms with Crippen LogP contribution in [0.15, 0.2) is 18.2 Å². The fourth-order valence-corrected chi connectivity index (χ4v) is 1.95. The zero-order valence-corrected chi connectivity index (χ0v) is 9.49. The largest absolute Gasteiger partial charge is 0.397 e. The topological polar surface area (TPSA) is 63.4 Å². The number of nitrogens with two attached hydrogens (primary N) is 1. The second-order valence-electron chi connectivity index (χ2n) is 3.88. The number of hydrogen-bond acceptors (Lipinski definition) is 3. The molecule has 5 heteroatoms. The molecule has 0 aromatic heterocycles. The van der Waals surface area contributed by atoms with Gasteiger partial charge in [-0.1, -0.05) is 18.5 Å². The molecule has 1 aliphatic heterocycles. The number of nitrogen functional groups attached to an aromatic ring is 1. The van der Waals surface area contributed by atoms with Crippen LogP contribution >= 0.6 is 11.6 Å². The lowest BCUT2D eigenvalue weighted by atomic mass is 10.1. The van der Waals surface area contributed by atoms with Gasteiger partial charge in [-0.15, -0.1) is 0 Å². The molecule has 1 heterocycles. The highest BCUT2D eigenvalue weighted by molar-refractivity contribution is 6.31. The van der Waals surface area contributed by atoms with Crippen LogP contribution < -0.4 is 10.6 Å². The van der Waals surface area contributed by atoms with Crippen LogP contribution in [0.2, 0.25) is 5.02 Å². The molecule has 1 fully saturated rings. The summed E-state index contributed by atoms with van der Waals surface area (Å²) in [5.74, 6) is -0.701. The molecule has 0 bridgehead atoms. The van der Waals surface area contributed by atoms with Gasteiger partial charge in [-0.05, 0) is 18.2 Å². The summed E-state index contributed by atoms with van der Waals surface area (Å²) < 4.78 is 0.